The van der Waals surface area contributed by atoms with Crippen LogP contribution >= 0.6 is 15.9 Å². The van der Waals surface area contributed by atoms with Crippen molar-refractivity contribution < 1.29 is 4.39 Å². The van der Waals surface area contributed by atoms with Crippen molar-refractivity contribution in [2.24, 2.45) is 11.1 Å². The summed E-state index contributed by atoms with van der Waals surface area (Å²) in [7, 11) is 0. The number of halogens is 2. The van der Waals surface area contributed by atoms with Gasteiger partial charge in [0.1, 0.15) is 6.17 Å². The summed E-state index contributed by atoms with van der Waals surface area (Å²) in [6, 6.07) is 7.42. The second kappa shape index (κ2) is 3.63. The lowest BCUT2D eigenvalue weighted by atomic mass is 9.94. The molecular formula is C11H13BrFN. The summed E-state index contributed by atoms with van der Waals surface area (Å²) in [6.07, 6.45) is 0.916. The minimum atomic E-state index is -0.912. The van der Waals surface area contributed by atoms with Gasteiger partial charge >= 0.3 is 0 Å². The Kier molecular flexibility index (Phi) is 2.62. The number of rotatable bonds is 3. The van der Waals surface area contributed by atoms with Gasteiger partial charge < -0.3 is 5.73 Å². The van der Waals surface area contributed by atoms with Gasteiger partial charge in [-0.05, 0) is 30.5 Å². The summed E-state index contributed by atoms with van der Waals surface area (Å²) < 4.78 is 15.0. The van der Waals surface area contributed by atoms with Crippen LogP contribution in [0.2, 0.25) is 0 Å². The fourth-order valence-electron chi connectivity index (χ4n) is 1.74. The van der Waals surface area contributed by atoms with Crippen LogP contribution in [0.1, 0.15) is 24.6 Å². The van der Waals surface area contributed by atoms with Crippen molar-refractivity contribution in [3.63, 3.8) is 0 Å². The molecule has 0 heterocycles. The third-order valence-corrected chi connectivity index (χ3v) is 3.47. The molecule has 1 atom stereocenters. The maximum Gasteiger partial charge on any atom is 0.132 e. The van der Waals surface area contributed by atoms with Gasteiger partial charge in [-0.2, -0.15) is 0 Å². The van der Waals surface area contributed by atoms with Gasteiger partial charge in [0.15, 0.2) is 0 Å². The Morgan fingerprint density at radius 2 is 2.21 bits per heavy atom. The van der Waals surface area contributed by atoms with Crippen LogP contribution in [0.15, 0.2) is 28.7 Å². The molecular weight excluding hydrogens is 245 g/mol. The molecule has 76 valence electrons. The van der Waals surface area contributed by atoms with Crippen molar-refractivity contribution in [2.45, 2.75) is 19.0 Å². The first kappa shape index (κ1) is 10.1. The van der Waals surface area contributed by atoms with Gasteiger partial charge in [-0.15, -0.1) is 0 Å². The Balaban J connectivity index is 2.23. The van der Waals surface area contributed by atoms with Gasteiger partial charge in [-0.25, -0.2) is 4.39 Å². The maximum absolute atomic E-state index is 14.1. The summed E-state index contributed by atoms with van der Waals surface area (Å²) in [6.45, 7) is 0.445. The van der Waals surface area contributed by atoms with E-state index in [9.17, 15) is 4.39 Å². The molecule has 0 bridgehead atoms. The van der Waals surface area contributed by atoms with Gasteiger partial charge in [0, 0.05) is 16.4 Å². The Bertz CT molecular complexity index is 336. The van der Waals surface area contributed by atoms with E-state index in [1.165, 1.54) is 0 Å². The van der Waals surface area contributed by atoms with Crippen LogP contribution in [-0.2, 0) is 0 Å². The molecule has 0 aromatic heterocycles. The summed E-state index contributed by atoms with van der Waals surface area (Å²) >= 11 is 3.34. The van der Waals surface area contributed by atoms with Gasteiger partial charge in [0.25, 0.3) is 0 Å². The van der Waals surface area contributed by atoms with E-state index in [0.29, 0.717) is 6.54 Å². The second-order valence-corrected chi connectivity index (χ2v) is 4.90. The monoisotopic (exact) mass is 257 g/mol. The van der Waals surface area contributed by atoms with Crippen molar-refractivity contribution in [1.29, 1.82) is 0 Å². The first-order chi connectivity index (χ1) is 6.68. The topological polar surface area (TPSA) is 26.0 Å². The number of alkyl halides is 1. The molecule has 0 amide bonds. The largest absolute Gasteiger partial charge is 0.330 e. The van der Waals surface area contributed by atoms with Crippen molar-refractivity contribution in [2.75, 3.05) is 6.54 Å². The minimum absolute atomic E-state index is 0.263. The molecule has 2 N–H and O–H groups in total. The van der Waals surface area contributed by atoms with Gasteiger partial charge in [0.2, 0.25) is 0 Å². The lowest BCUT2D eigenvalue weighted by Gasteiger charge is -2.18. The zero-order chi connectivity index (χ0) is 10.2. The number of benzene rings is 1. The number of nitrogens with two attached hydrogens (primary N) is 1. The lowest BCUT2D eigenvalue weighted by Crippen LogP contribution is -2.20. The lowest BCUT2D eigenvalue weighted by molar-refractivity contribution is 0.217. The van der Waals surface area contributed by atoms with E-state index in [2.05, 4.69) is 15.9 Å². The fourth-order valence-corrected chi connectivity index (χ4v) is 2.16. The second-order valence-electron chi connectivity index (χ2n) is 3.98. The van der Waals surface area contributed by atoms with Crippen molar-refractivity contribution in [3.05, 3.63) is 34.3 Å². The molecule has 0 saturated heterocycles. The van der Waals surface area contributed by atoms with Gasteiger partial charge in [0.05, 0.1) is 0 Å². The van der Waals surface area contributed by atoms with Crippen molar-refractivity contribution in [3.8, 4) is 0 Å². The number of hydrogen-bond donors (Lipinski definition) is 1. The van der Waals surface area contributed by atoms with Crippen LogP contribution in [0.5, 0.6) is 0 Å². The summed E-state index contributed by atoms with van der Waals surface area (Å²) in [4.78, 5) is 0. The molecule has 14 heavy (non-hydrogen) atoms. The Hall–Kier alpha value is -0.410. The van der Waals surface area contributed by atoms with E-state index in [0.717, 1.165) is 22.9 Å². The smallest absolute Gasteiger partial charge is 0.132 e. The predicted octanol–water partition coefficient (Wildman–Crippen LogP) is 3.20. The highest BCUT2D eigenvalue weighted by atomic mass is 79.9. The van der Waals surface area contributed by atoms with E-state index in [1.54, 1.807) is 0 Å². The third kappa shape index (κ3) is 1.71. The molecule has 1 fully saturated rings. The predicted molar refractivity (Wildman–Crippen MR) is 58.7 cm³/mol. The zero-order valence-electron chi connectivity index (χ0n) is 7.84. The highest BCUT2D eigenvalue weighted by Gasteiger charge is 2.49. The highest BCUT2D eigenvalue weighted by molar-refractivity contribution is 9.10. The highest BCUT2D eigenvalue weighted by Crippen LogP contribution is 2.56. The molecule has 1 aliphatic carbocycles. The molecule has 1 aromatic carbocycles. The van der Waals surface area contributed by atoms with E-state index in [-0.39, 0.29) is 5.41 Å². The van der Waals surface area contributed by atoms with Crippen LogP contribution in [0.4, 0.5) is 4.39 Å². The zero-order valence-corrected chi connectivity index (χ0v) is 9.43. The Morgan fingerprint density at radius 1 is 1.50 bits per heavy atom. The molecule has 1 aliphatic rings. The standard InChI is InChI=1S/C11H13BrFN/c12-9-3-1-2-8(6-9)10(13)11(7-14)4-5-11/h1-3,6,10H,4-5,7,14H2. The van der Waals surface area contributed by atoms with Crippen LogP contribution in [0, 0.1) is 5.41 Å². The van der Waals surface area contributed by atoms with Crippen LogP contribution in [-0.4, -0.2) is 6.54 Å². The van der Waals surface area contributed by atoms with E-state index < -0.39 is 6.17 Å². The molecule has 0 aliphatic heterocycles. The molecule has 1 saturated carbocycles. The normalized spacial score (nSPS) is 20.5. The SMILES string of the molecule is NCC1(C(F)c2cccc(Br)c2)CC1. The average molecular weight is 258 g/mol. The van der Waals surface area contributed by atoms with Gasteiger partial charge in [-0.3, -0.25) is 0 Å². The van der Waals surface area contributed by atoms with E-state index >= 15 is 0 Å². The van der Waals surface area contributed by atoms with Crippen LogP contribution in [0.25, 0.3) is 0 Å². The molecule has 0 spiro atoms. The quantitative estimate of drug-likeness (QED) is 0.885. The fraction of sp³-hybridized carbons (Fsp3) is 0.455. The first-order valence-electron chi connectivity index (χ1n) is 4.77. The summed E-state index contributed by atoms with van der Waals surface area (Å²) in [5.41, 5.74) is 6.07. The minimum Gasteiger partial charge on any atom is -0.330 e. The molecule has 2 rings (SSSR count). The molecule has 0 radical (unpaired) electrons. The molecule has 1 aromatic rings. The van der Waals surface area contributed by atoms with Crippen LogP contribution in [0.3, 0.4) is 0 Å². The molecule has 1 unspecified atom stereocenters. The van der Waals surface area contributed by atoms with Crippen molar-refractivity contribution >= 4 is 15.9 Å². The first-order valence-corrected chi connectivity index (χ1v) is 5.57. The summed E-state index contributed by atoms with van der Waals surface area (Å²) in [5, 5.41) is 0. The average Bonchev–Trinajstić information content (AvgIpc) is 2.97. The Labute approximate surface area is 91.6 Å². The van der Waals surface area contributed by atoms with E-state index in [4.69, 9.17) is 5.73 Å². The summed E-state index contributed by atoms with van der Waals surface area (Å²) in [5.74, 6) is 0. The van der Waals surface area contributed by atoms with Gasteiger partial charge in [-0.1, -0.05) is 28.1 Å². The van der Waals surface area contributed by atoms with Crippen LogP contribution < -0.4 is 5.73 Å². The number of hydrogen-bond acceptors (Lipinski definition) is 1. The Morgan fingerprint density at radius 3 is 2.71 bits per heavy atom. The van der Waals surface area contributed by atoms with Crippen molar-refractivity contribution in [1.82, 2.24) is 0 Å². The molecule has 3 heteroatoms. The maximum atomic E-state index is 14.1. The van der Waals surface area contributed by atoms with E-state index in [1.807, 2.05) is 24.3 Å². The third-order valence-electron chi connectivity index (χ3n) is 2.98. The molecule has 1 nitrogen and oxygen atoms in total.